The molecule has 3 amide bonds. The number of amides is 3. The van der Waals surface area contributed by atoms with Gasteiger partial charge >= 0.3 is 0 Å². The van der Waals surface area contributed by atoms with Gasteiger partial charge in [-0.25, -0.2) is 0 Å². The van der Waals surface area contributed by atoms with Gasteiger partial charge in [0.25, 0.3) is 5.91 Å². The standard InChI is InChI=1S/C21H26N4O3/c1-2-3-12-24(13-5-4-11-22)17-8-6-7-15-16(17)14-25(21(15)28)18-9-10-19(26)23-20(18)27/h6-8,18H,2-3,9-14,22H2,1H3,(H,23,26,27). The van der Waals surface area contributed by atoms with Gasteiger partial charge < -0.3 is 15.5 Å². The van der Waals surface area contributed by atoms with Gasteiger partial charge in [0.2, 0.25) is 11.8 Å². The molecule has 3 N–H and O–H groups in total. The number of benzene rings is 1. The molecule has 1 aromatic rings. The second-order valence-electron chi connectivity index (χ2n) is 7.04. The lowest BCUT2D eigenvalue weighted by Gasteiger charge is -2.29. The van der Waals surface area contributed by atoms with E-state index < -0.39 is 11.9 Å². The van der Waals surface area contributed by atoms with Crippen molar-refractivity contribution in [3.8, 4) is 11.8 Å². The number of anilines is 1. The minimum absolute atomic E-state index is 0.158. The number of fused-ring (bicyclic) bond motifs is 1. The first-order valence-corrected chi connectivity index (χ1v) is 9.74. The van der Waals surface area contributed by atoms with Crippen molar-refractivity contribution in [2.24, 2.45) is 5.73 Å². The van der Waals surface area contributed by atoms with Crippen molar-refractivity contribution in [3.63, 3.8) is 0 Å². The molecule has 0 aliphatic carbocycles. The van der Waals surface area contributed by atoms with E-state index in [0.717, 1.165) is 30.6 Å². The maximum absolute atomic E-state index is 13.0. The number of hydrogen-bond donors (Lipinski definition) is 2. The zero-order valence-corrected chi connectivity index (χ0v) is 16.2. The molecule has 148 valence electrons. The SMILES string of the molecule is CCCCN(CC#CCN)c1cccc2c1CN(C1CCC(=O)NC1=O)C2=O. The van der Waals surface area contributed by atoms with Crippen molar-refractivity contribution in [1.82, 2.24) is 10.2 Å². The van der Waals surface area contributed by atoms with Crippen LogP contribution in [0.5, 0.6) is 0 Å². The van der Waals surface area contributed by atoms with Crippen molar-refractivity contribution >= 4 is 23.4 Å². The number of nitrogens with one attached hydrogen (secondary N) is 1. The molecule has 1 fully saturated rings. The molecule has 2 aliphatic heterocycles. The molecule has 0 aromatic heterocycles. The maximum Gasteiger partial charge on any atom is 0.255 e. The van der Waals surface area contributed by atoms with E-state index in [1.54, 1.807) is 11.0 Å². The molecule has 1 atom stereocenters. The molecule has 1 aromatic carbocycles. The van der Waals surface area contributed by atoms with Crippen LogP contribution in [0.1, 0.15) is 48.5 Å². The summed E-state index contributed by atoms with van der Waals surface area (Å²) in [6.45, 7) is 4.19. The molecule has 28 heavy (non-hydrogen) atoms. The van der Waals surface area contributed by atoms with Crippen molar-refractivity contribution in [3.05, 3.63) is 29.3 Å². The minimum Gasteiger partial charge on any atom is -0.360 e. The summed E-state index contributed by atoms with van der Waals surface area (Å²) in [5, 5.41) is 2.34. The van der Waals surface area contributed by atoms with Crippen molar-refractivity contribution in [1.29, 1.82) is 0 Å². The van der Waals surface area contributed by atoms with E-state index in [1.807, 2.05) is 12.1 Å². The molecule has 0 radical (unpaired) electrons. The van der Waals surface area contributed by atoms with E-state index in [1.165, 1.54) is 0 Å². The van der Waals surface area contributed by atoms with Crippen LogP contribution in [0.2, 0.25) is 0 Å². The Labute approximate surface area is 165 Å². The summed E-state index contributed by atoms with van der Waals surface area (Å²) in [5.74, 6) is 5.15. The average Bonchev–Trinajstić information content (AvgIpc) is 3.01. The van der Waals surface area contributed by atoms with Gasteiger partial charge in [-0.1, -0.05) is 31.3 Å². The molecule has 7 heteroatoms. The van der Waals surface area contributed by atoms with Crippen molar-refractivity contribution < 1.29 is 14.4 Å². The predicted molar refractivity (Wildman–Crippen MR) is 106 cm³/mol. The molecule has 2 heterocycles. The summed E-state index contributed by atoms with van der Waals surface area (Å²) in [6, 6.07) is 5.07. The van der Waals surface area contributed by atoms with Gasteiger partial charge in [0, 0.05) is 36.3 Å². The quantitative estimate of drug-likeness (QED) is 0.566. The van der Waals surface area contributed by atoms with Gasteiger partial charge in [0.15, 0.2) is 0 Å². The molecule has 1 unspecified atom stereocenters. The Bertz CT molecular complexity index is 840. The topological polar surface area (TPSA) is 95.7 Å². The van der Waals surface area contributed by atoms with Crippen LogP contribution in [0, 0.1) is 11.8 Å². The molecule has 7 nitrogen and oxygen atoms in total. The van der Waals surface area contributed by atoms with Crippen LogP contribution in [-0.2, 0) is 16.1 Å². The Morgan fingerprint density at radius 3 is 2.82 bits per heavy atom. The highest BCUT2D eigenvalue weighted by Gasteiger charge is 2.40. The molecule has 1 saturated heterocycles. The summed E-state index contributed by atoms with van der Waals surface area (Å²) in [5.41, 5.74) is 7.99. The van der Waals surface area contributed by atoms with Crippen LogP contribution < -0.4 is 16.0 Å². The molecule has 0 bridgehead atoms. The largest absolute Gasteiger partial charge is 0.360 e. The van der Waals surface area contributed by atoms with E-state index >= 15 is 0 Å². The maximum atomic E-state index is 13.0. The summed E-state index contributed by atoms with van der Waals surface area (Å²) < 4.78 is 0. The van der Waals surface area contributed by atoms with E-state index in [-0.39, 0.29) is 18.2 Å². The average molecular weight is 382 g/mol. The summed E-state index contributed by atoms with van der Waals surface area (Å²) in [4.78, 5) is 40.4. The fourth-order valence-electron chi connectivity index (χ4n) is 3.72. The summed E-state index contributed by atoms with van der Waals surface area (Å²) in [7, 11) is 0. The van der Waals surface area contributed by atoms with Gasteiger partial charge in [-0.2, -0.15) is 0 Å². The number of carbonyl (C=O) groups is 3. The highest BCUT2D eigenvalue weighted by Crippen LogP contribution is 2.34. The lowest BCUT2D eigenvalue weighted by atomic mass is 10.0. The molecular weight excluding hydrogens is 356 g/mol. The number of nitrogens with two attached hydrogens (primary N) is 1. The van der Waals surface area contributed by atoms with Crippen LogP contribution in [0.4, 0.5) is 5.69 Å². The summed E-state index contributed by atoms with van der Waals surface area (Å²) >= 11 is 0. The molecule has 0 spiro atoms. The molecule has 2 aliphatic rings. The number of hydrogen-bond acceptors (Lipinski definition) is 5. The zero-order valence-electron chi connectivity index (χ0n) is 16.2. The Morgan fingerprint density at radius 2 is 2.11 bits per heavy atom. The first-order valence-electron chi connectivity index (χ1n) is 9.74. The van der Waals surface area contributed by atoms with Crippen molar-refractivity contribution in [2.75, 3.05) is 24.5 Å². The van der Waals surface area contributed by atoms with Crippen LogP contribution in [0.15, 0.2) is 18.2 Å². The zero-order chi connectivity index (χ0) is 20.1. The summed E-state index contributed by atoms with van der Waals surface area (Å²) in [6.07, 6.45) is 2.68. The normalized spacial score (nSPS) is 18.4. The van der Waals surface area contributed by atoms with Crippen LogP contribution >= 0.6 is 0 Å². The highest BCUT2D eigenvalue weighted by atomic mass is 16.2. The first-order chi connectivity index (χ1) is 13.6. The third-order valence-electron chi connectivity index (χ3n) is 5.18. The second kappa shape index (κ2) is 8.89. The fourth-order valence-corrected chi connectivity index (χ4v) is 3.72. The Morgan fingerprint density at radius 1 is 1.29 bits per heavy atom. The van der Waals surface area contributed by atoms with Gasteiger partial charge in [0.1, 0.15) is 6.04 Å². The smallest absolute Gasteiger partial charge is 0.255 e. The van der Waals surface area contributed by atoms with Gasteiger partial charge in [0.05, 0.1) is 13.1 Å². The van der Waals surface area contributed by atoms with Gasteiger partial charge in [-0.15, -0.1) is 0 Å². The number of carbonyl (C=O) groups excluding carboxylic acids is 3. The van der Waals surface area contributed by atoms with E-state index in [0.29, 0.717) is 31.6 Å². The van der Waals surface area contributed by atoms with Crippen molar-refractivity contribution in [2.45, 2.75) is 45.2 Å². The van der Waals surface area contributed by atoms with Crippen LogP contribution in [0.3, 0.4) is 0 Å². The van der Waals surface area contributed by atoms with E-state index in [2.05, 4.69) is 29.0 Å². The van der Waals surface area contributed by atoms with E-state index in [4.69, 9.17) is 5.73 Å². The second-order valence-corrected chi connectivity index (χ2v) is 7.04. The molecule has 0 saturated carbocycles. The van der Waals surface area contributed by atoms with E-state index in [9.17, 15) is 14.4 Å². The Hall–Kier alpha value is -2.85. The number of rotatable bonds is 6. The number of piperidine rings is 1. The predicted octanol–water partition coefficient (Wildman–Crippen LogP) is 1.02. The number of nitrogens with zero attached hydrogens (tertiary/aromatic N) is 2. The monoisotopic (exact) mass is 382 g/mol. The fraction of sp³-hybridized carbons (Fsp3) is 0.476. The Kier molecular flexibility index (Phi) is 6.32. The third-order valence-corrected chi connectivity index (χ3v) is 5.18. The lowest BCUT2D eigenvalue weighted by molar-refractivity contribution is -0.136. The van der Waals surface area contributed by atoms with Gasteiger partial charge in [-0.05, 0) is 25.0 Å². The molecule has 3 rings (SSSR count). The van der Waals surface area contributed by atoms with Crippen LogP contribution in [-0.4, -0.2) is 48.3 Å². The number of unbranched alkanes of at least 4 members (excludes halogenated alkanes) is 1. The van der Waals surface area contributed by atoms with Gasteiger partial charge in [-0.3, -0.25) is 19.7 Å². The van der Waals surface area contributed by atoms with Crippen LogP contribution in [0.25, 0.3) is 0 Å². The lowest BCUT2D eigenvalue weighted by Crippen LogP contribution is -2.52. The third kappa shape index (κ3) is 4.02. The highest BCUT2D eigenvalue weighted by molar-refractivity contribution is 6.06. The Balaban J connectivity index is 1.87. The molecular formula is C21H26N4O3. The first kappa shape index (κ1) is 19.9. The minimum atomic E-state index is -0.605. The number of imide groups is 1.